The Hall–Kier alpha value is -0.910. The third kappa shape index (κ3) is 4.08. The summed E-state index contributed by atoms with van der Waals surface area (Å²) in [5.41, 5.74) is 0. The molecule has 3 atom stereocenters. The molecular weight excluding hydrogens is 232 g/mol. The first-order chi connectivity index (χ1) is 8.43. The molecule has 0 aromatic heterocycles. The standard InChI is InChI=1S/C13H24N2O3/c1-14(2)9-5-8-12(17)15(3)10-6-4-7-11(16)13(10)18/h5,8,10-11,13,16,18H,4,6-7,9H2,1-3H3/b8-5+/t10-,11-,13-/m1/s1. The van der Waals surface area contributed by atoms with E-state index >= 15 is 0 Å². The number of hydrogen-bond donors (Lipinski definition) is 2. The Labute approximate surface area is 109 Å². The molecule has 0 aromatic rings. The van der Waals surface area contributed by atoms with Crippen molar-refractivity contribution in [2.45, 2.75) is 37.5 Å². The summed E-state index contributed by atoms with van der Waals surface area (Å²) in [6.07, 6.45) is 3.94. The first kappa shape index (κ1) is 15.1. The summed E-state index contributed by atoms with van der Waals surface area (Å²) in [6, 6.07) is -0.287. The summed E-state index contributed by atoms with van der Waals surface area (Å²) in [5.74, 6) is -0.130. The first-order valence-electron chi connectivity index (χ1n) is 6.37. The Morgan fingerprint density at radius 1 is 1.28 bits per heavy atom. The van der Waals surface area contributed by atoms with Crippen molar-refractivity contribution >= 4 is 5.91 Å². The van der Waals surface area contributed by atoms with Crippen molar-refractivity contribution in [3.8, 4) is 0 Å². The number of hydrogen-bond acceptors (Lipinski definition) is 4. The molecule has 18 heavy (non-hydrogen) atoms. The summed E-state index contributed by atoms with van der Waals surface area (Å²) in [7, 11) is 5.54. The summed E-state index contributed by atoms with van der Waals surface area (Å²) >= 11 is 0. The molecule has 5 heteroatoms. The van der Waals surface area contributed by atoms with E-state index < -0.39 is 12.2 Å². The van der Waals surface area contributed by atoms with Gasteiger partial charge in [0, 0.05) is 19.7 Å². The van der Waals surface area contributed by atoms with E-state index in [0.29, 0.717) is 13.0 Å². The van der Waals surface area contributed by atoms with E-state index in [1.165, 1.54) is 11.0 Å². The fourth-order valence-electron chi connectivity index (χ4n) is 2.20. The summed E-state index contributed by atoms with van der Waals surface area (Å²) in [4.78, 5) is 15.4. The predicted molar refractivity (Wildman–Crippen MR) is 70.1 cm³/mol. The Morgan fingerprint density at radius 3 is 2.56 bits per heavy atom. The molecule has 1 rings (SSSR count). The Morgan fingerprint density at radius 2 is 1.94 bits per heavy atom. The van der Waals surface area contributed by atoms with Gasteiger partial charge in [-0.1, -0.05) is 6.08 Å². The molecule has 0 heterocycles. The highest BCUT2D eigenvalue weighted by Crippen LogP contribution is 2.23. The summed E-state index contributed by atoms with van der Waals surface area (Å²) < 4.78 is 0. The minimum absolute atomic E-state index is 0.130. The molecule has 0 aromatic carbocycles. The van der Waals surface area contributed by atoms with Crippen molar-refractivity contribution in [1.29, 1.82) is 0 Å². The molecule has 5 nitrogen and oxygen atoms in total. The molecule has 0 aliphatic heterocycles. The number of aliphatic hydroxyl groups excluding tert-OH is 2. The number of aliphatic hydroxyl groups is 2. The zero-order chi connectivity index (χ0) is 13.7. The van der Waals surface area contributed by atoms with Gasteiger partial charge in [-0.05, 0) is 33.4 Å². The molecule has 1 aliphatic carbocycles. The number of carbonyl (C=O) groups is 1. The van der Waals surface area contributed by atoms with Gasteiger partial charge in [0.1, 0.15) is 6.10 Å². The lowest BCUT2D eigenvalue weighted by Gasteiger charge is -2.37. The van der Waals surface area contributed by atoms with Crippen LogP contribution in [0.2, 0.25) is 0 Å². The fraction of sp³-hybridized carbons (Fsp3) is 0.769. The Bertz CT molecular complexity index is 305. The lowest BCUT2D eigenvalue weighted by Crippen LogP contribution is -2.51. The number of likely N-dealkylation sites (N-methyl/N-ethyl adjacent to an activating group) is 2. The topological polar surface area (TPSA) is 64.0 Å². The van der Waals surface area contributed by atoms with E-state index in [1.807, 2.05) is 19.0 Å². The van der Waals surface area contributed by atoms with Crippen LogP contribution in [0, 0.1) is 0 Å². The number of amides is 1. The first-order valence-corrected chi connectivity index (χ1v) is 6.37. The van der Waals surface area contributed by atoms with Crippen LogP contribution in [0.25, 0.3) is 0 Å². The van der Waals surface area contributed by atoms with Crippen molar-refractivity contribution in [2.24, 2.45) is 0 Å². The van der Waals surface area contributed by atoms with Crippen LogP contribution in [0.1, 0.15) is 19.3 Å². The third-order valence-corrected chi connectivity index (χ3v) is 3.36. The average molecular weight is 256 g/mol. The van der Waals surface area contributed by atoms with E-state index in [1.54, 1.807) is 13.1 Å². The molecule has 1 aliphatic rings. The van der Waals surface area contributed by atoms with E-state index in [0.717, 1.165) is 12.8 Å². The smallest absolute Gasteiger partial charge is 0.246 e. The highest BCUT2D eigenvalue weighted by molar-refractivity contribution is 5.87. The molecule has 0 radical (unpaired) electrons. The average Bonchev–Trinajstić information content (AvgIpc) is 2.31. The number of rotatable bonds is 4. The molecule has 1 amide bonds. The van der Waals surface area contributed by atoms with Crippen LogP contribution in [-0.2, 0) is 4.79 Å². The van der Waals surface area contributed by atoms with E-state index in [9.17, 15) is 15.0 Å². The van der Waals surface area contributed by atoms with Crippen LogP contribution < -0.4 is 0 Å². The van der Waals surface area contributed by atoms with Crippen LogP contribution in [0.3, 0.4) is 0 Å². The Balaban J connectivity index is 2.54. The van der Waals surface area contributed by atoms with Gasteiger partial charge in [-0.15, -0.1) is 0 Å². The Kier molecular flexibility index (Phi) is 5.78. The number of carbonyl (C=O) groups excluding carboxylic acids is 1. The SMILES string of the molecule is CN(C)C/C=C/C(=O)N(C)[C@@H]1CCC[C@@H](O)[C@@H]1O. The van der Waals surface area contributed by atoms with Crippen molar-refractivity contribution in [3.05, 3.63) is 12.2 Å². The minimum Gasteiger partial charge on any atom is -0.390 e. The third-order valence-electron chi connectivity index (χ3n) is 3.36. The van der Waals surface area contributed by atoms with Crippen molar-refractivity contribution in [3.63, 3.8) is 0 Å². The zero-order valence-corrected chi connectivity index (χ0v) is 11.4. The molecule has 0 saturated heterocycles. The van der Waals surface area contributed by atoms with Gasteiger partial charge < -0.3 is 20.0 Å². The van der Waals surface area contributed by atoms with Gasteiger partial charge in [0.05, 0.1) is 12.1 Å². The van der Waals surface area contributed by atoms with Crippen LogP contribution in [-0.4, -0.2) is 71.9 Å². The maximum absolute atomic E-state index is 11.9. The van der Waals surface area contributed by atoms with Gasteiger partial charge in [-0.3, -0.25) is 4.79 Å². The van der Waals surface area contributed by atoms with E-state index in [2.05, 4.69) is 0 Å². The molecule has 2 N–H and O–H groups in total. The lowest BCUT2D eigenvalue weighted by atomic mass is 9.89. The van der Waals surface area contributed by atoms with Gasteiger partial charge in [0.2, 0.25) is 5.91 Å². The predicted octanol–water partition coefficient (Wildman–Crippen LogP) is -0.163. The van der Waals surface area contributed by atoms with Crippen LogP contribution in [0.5, 0.6) is 0 Å². The summed E-state index contributed by atoms with van der Waals surface area (Å²) in [5, 5.41) is 19.5. The van der Waals surface area contributed by atoms with Gasteiger partial charge in [0.25, 0.3) is 0 Å². The molecule has 1 saturated carbocycles. The van der Waals surface area contributed by atoms with Crippen molar-refractivity contribution < 1.29 is 15.0 Å². The highest BCUT2D eigenvalue weighted by atomic mass is 16.3. The molecular formula is C13H24N2O3. The fourth-order valence-corrected chi connectivity index (χ4v) is 2.20. The quantitative estimate of drug-likeness (QED) is 0.686. The molecule has 104 valence electrons. The maximum Gasteiger partial charge on any atom is 0.246 e. The van der Waals surface area contributed by atoms with E-state index in [-0.39, 0.29) is 11.9 Å². The molecule has 0 unspecified atom stereocenters. The molecule has 0 bridgehead atoms. The lowest BCUT2D eigenvalue weighted by molar-refractivity contribution is -0.133. The van der Waals surface area contributed by atoms with Gasteiger partial charge in [0.15, 0.2) is 0 Å². The van der Waals surface area contributed by atoms with Crippen LogP contribution in [0.15, 0.2) is 12.2 Å². The monoisotopic (exact) mass is 256 g/mol. The van der Waals surface area contributed by atoms with Crippen molar-refractivity contribution in [1.82, 2.24) is 9.80 Å². The largest absolute Gasteiger partial charge is 0.390 e. The minimum atomic E-state index is -0.838. The van der Waals surface area contributed by atoms with Gasteiger partial charge >= 0.3 is 0 Å². The second-order valence-electron chi connectivity index (χ2n) is 5.17. The van der Waals surface area contributed by atoms with Crippen molar-refractivity contribution in [2.75, 3.05) is 27.7 Å². The van der Waals surface area contributed by atoms with E-state index in [4.69, 9.17) is 0 Å². The maximum atomic E-state index is 11.9. The second kappa shape index (κ2) is 6.87. The van der Waals surface area contributed by atoms with Crippen LogP contribution >= 0.6 is 0 Å². The normalized spacial score (nSPS) is 28.9. The van der Waals surface area contributed by atoms with Gasteiger partial charge in [-0.25, -0.2) is 0 Å². The summed E-state index contributed by atoms with van der Waals surface area (Å²) in [6.45, 7) is 0.704. The zero-order valence-electron chi connectivity index (χ0n) is 11.4. The second-order valence-corrected chi connectivity index (χ2v) is 5.17. The highest BCUT2D eigenvalue weighted by Gasteiger charge is 2.34. The number of nitrogens with zero attached hydrogens (tertiary/aromatic N) is 2. The molecule has 1 fully saturated rings. The molecule has 0 spiro atoms. The van der Waals surface area contributed by atoms with Crippen LogP contribution in [0.4, 0.5) is 0 Å². The van der Waals surface area contributed by atoms with Gasteiger partial charge in [-0.2, -0.15) is 0 Å².